The Kier molecular flexibility index (Phi) is 3.35. The van der Waals surface area contributed by atoms with Crippen LogP contribution in [-0.2, 0) is 0 Å². The van der Waals surface area contributed by atoms with Crippen molar-refractivity contribution >= 4 is 0 Å². The van der Waals surface area contributed by atoms with E-state index in [2.05, 4.69) is 34.6 Å². The van der Waals surface area contributed by atoms with Crippen LogP contribution in [0.15, 0.2) is 22.3 Å². The molecule has 1 unspecified atom stereocenters. The summed E-state index contributed by atoms with van der Waals surface area (Å²) in [6.07, 6.45) is 3.71. The minimum atomic E-state index is 0.778. The summed E-state index contributed by atoms with van der Waals surface area (Å²) in [6, 6.07) is 0. The van der Waals surface area contributed by atoms with E-state index in [0.29, 0.717) is 0 Å². The molecule has 0 bridgehead atoms. The monoisotopic (exact) mass is 178 g/mol. The molecule has 0 spiro atoms. The summed E-state index contributed by atoms with van der Waals surface area (Å²) >= 11 is 0. The van der Waals surface area contributed by atoms with Crippen molar-refractivity contribution in [2.24, 2.45) is 5.92 Å². The summed E-state index contributed by atoms with van der Waals surface area (Å²) in [5, 5.41) is 0. The molecule has 74 valence electrons. The Hall–Kier alpha value is -0.520. The van der Waals surface area contributed by atoms with Crippen molar-refractivity contribution in [2.75, 3.05) is 0 Å². The van der Waals surface area contributed by atoms with E-state index in [1.54, 1.807) is 22.3 Å². The van der Waals surface area contributed by atoms with Crippen LogP contribution in [0.25, 0.3) is 0 Å². The molecule has 0 nitrogen and oxygen atoms in total. The Labute approximate surface area is 82.7 Å². The molecule has 0 aromatic rings. The van der Waals surface area contributed by atoms with Gasteiger partial charge in [0.15, 0.2) is 0 Å². The summed E-state index contributed by atoms with van der Waals surface area (Å²) in [6.45, 7) is 11.5. The molecule has 0 radical (unpaired) electrons. The Bertz CT molecular complexity index is 253. The SMILES string of the molecule is CCC1=C(C)CC(C)C(CC)=C1C. The number of hydrogen-bond donors (Lipinski definition) is 0. The molecule has 0 aromatic heterocycles. The molecule has 0 saturated carbocycles. The van der Waals surface area contributed by atoms with E-state index in [9.17, 15) is 0 Å². The molecule has 0 aromatic carbocycles. The minimum Gasteiger partial charge on any atom is -0.0693 e. The third kappa shape index (κ3) is 1.87. The van der Waals surface area contributed by atoms with E-state index in [1.165, 1.54) is 19.3 Å². The number of hydrogen-bond acceptors (Lipinski definition) is 0. The molecule has 0 heterocycles. The highest BCUT2D eigenvalue weighted by Crippen LogP contribution is 2.36. The summed E-state index contributed by atoms with van der Waals surface area (Å²) < 4.78 is 0. The van der Waals surface area contributed by atoms with Gasteiger partial charge in [0.25, 0.3) is 0 Å². The van der Waals surface area contributed by atoms with Crippen molar-refractivity contribution in [2.45, 2.75) is 53.9 Å². The van der Waals surface area contributed by atoms with Crippen molar-refractivity contribution in [1.82, 2.24) is 0 Å². The van der Waals surface area contributed by atoms with Crippen molar-refractivity contribution in [3.05, 3.63) is 22.3 Å². The predicted molar refractivity (Wildman–Crippen MR) is 59.8 cm³/mol. The fourth-order valence-electron chi connectivity index (χ4n) is 2.77. The molecule has 0 fully saturated rings. The molecule has 1 atom stereocenters. The van der Waals surface area contributed by atoms with Gasteiger partial charge in [-0.05, 0) is 50.2 Å². The average molecular weight is 178 g/mol. The molecule has 0 aliphatic heterocycles. The highest BCUT2D eigenvalue weighted by molar-refractivity contribution is 5.41. The second kappa shape index (κ2) is 4.13. The van der Waals surface area contributed by atoms with Gasteiger partial charge in [-0.3, -0.25) is 0 Å². The number of rotatable bonds is 2. The van der Waals surface area contributed by atoms with Crippen LogP contribution in [-0.4, -0.2) is 0 Å². The van der Waals surface area contributed by atoms with Crippen LogP contribution in [0.1, 0.15) is 53.9 Å². The summed E-state index contributed by atoms with van der Waals surface area (Å²) in [7, 11) is 0. The molecule has 0 amide bonds. The molecule has 1 aliphatic carbocycles. The average Bonchev–Trinajstić information content (AvgIpc) is 2.04. The van der Waals surface area contributed by atoms with Gasteiger partial charge < -0.3 is 0 Å². The first-order valence-electron chi connectivity index (χ1n) is 5.50. The second-order valence-electron chi connectivity index (χ2n) is 4.22. The van der Waals surface area contributed by atoms with Gasteiger partial charge in [0, 0.05) is 0 Å². The normalized spacial score (nSPS) is 24.2. The van der Waals surface area contributed by atoms with Crippen LogP contribution in [0.2, 0.25) is 0 Å². The highest BCUT2D eigenvalue weighted by atomic mass is 14.2. The maximum absolute atomic E-state index is 2.36. The first-order chi connectivity index (χ1) is 6.11. The van der Waals surface area contributed by atoms with E-state index >= 15 is 0 Å². The van der Waals surface area contributed by atoms with Gasteiger partial charge in [-0.25, -0.2) is 0 Å². The van der Waals surface area contributed by atoms with Gasteiger partial charge in [0.05, 0.1) is 0 Å². The van der Waals surface area contributed by atoms with Crippen LogP contribution in [0.4, 0.5) is 0 Å². The lowest BCUT2D eigenvalue weighted by molar-refractivity contribution is 0.618. The van der Waals surface area contributed by atoms with Crippen LogP contribution in [0.3, 0.4) is 0 Å². The van der Waals surface area contributed by atoms with Gasteiger partial charge in [0.1, 0.15) is 0 Å². The molecular weight excluding hydrogens is 156 g/mol. The summed E-state index contributed by atoms with van der Waals surface area (Å²) in [5.74, 6) is 0.778. The predicted octanol–water partition coefficient (Wildman–Crippen LogP) is 4.48. The zero-order valence-corrected chi connectivity index (χ0v) is 9.70. The van der Waals surface area contributed by atoms with E-state index in [4.69, 9.17) is 0 Å². The Morgan fingerprint density at radius 3 is 2.23 bits per heavy atom. The first-order valence-corrected chi connectivity index (χ1v) is 5.50. The summed E-state index contributed by atoms with van der Waals surface area (Å²) in [5.41, 5.74) is 6.50. The van der Waals surface area contributed by atoms with Gasteiger partial charge in [0.2, 0.25) is 0 Å². The van der Waals surface area contributed by atoms with Crippen LogP contribution >= 0.6 is 0 Å². The van der Waals surface area contributed by atoms with Crippen LogP contribution in [0, 0.1) is 5.92 Å². The quantitative estimate of drug-likeness (QED) is 0.585. The maximum atomic E-state index is 2.36. The first kappa shape index (κ1) is 10.6. The van der Waals surface area contributed by atoms with Crippen LogP contribution < -0.4 is 0 Å². The van der Waals surface area contributed by atoms with Crippen molar-refractivity contribution in [3.63, 3.8) is 0 Å². The lowest BCUT2D eigenvalue weighted by atomic mass is 9.79. The summed E-state index contributed by atoms with van der Waals surface area (Å²) in [4.78, 5) is 0. The molecule has 0 heteroatoms. The lowest BCUT2D eigenvalue weighted by Crippen LogP contribution is -2.10. The topological polar surface area (TPSA) is 0 Å². The van der Waals surface area contributed by atoms with Crippen LogP contribution in [0.5, 0.6) is 0 Å². The standard InChI is InChI=1S/C13H22/c1-6-12-9(3)8-10(4)13(7-2)11(12)5/h9H,6-8H2,1-5H3. The van der Waals surface area contributed by atoms with E-state index in [-0.39, 0.29) is 0 Å². The molecule has 1 aliphatic rings. The minimum absolute atomic E-state index is 0.778. The third-order valence-corrected chi connectivity index (χ3v) is 3.39. The molecule has 13 heavy (non-hydrogen) atoms. The Balaban J connectivity index is 3.09. The largest absolute Gasteiger partial charge is 0.0693 e. The molecular formula is C13H22. The van der Waals surface area contributed by atoms with Crippen molar-refractivity contribution < 1.29 is 0 Å². The smallest absolute Gasteiger partial charge is 0.0189 e. The molecule has 0 N–H and O–H groups in total. The Morgan fingerprint density at radius 2 is 1.77 bits per heavy atom. The zero-order chi connectivity index (χ0) is 10.0. The molecule has 0 saturated heterocycles. The third-order valence-electron chi connectivity index (χ3n) is 3.39. The van der Waals surface area contributed by atoms with E-state index in [1.807, 2.05) is 0 Å². The van der Waals surface area contributed by atoms with E-state index in [0.717, 1.165) is 5.92 Å². The van der Waals surface area contributed by atoms with Crippen molar-refractivity contribution in [3.8, 4) is 0 Å². The fourth-order valence-corrected chi connectivity index (χ4v) is 2.77. The van der Waals surface area contributed by atoms with Gasteiger partial charge in [-0.15, -0.1) is 0 Å². The maximum Gasteiger partial charge on any atom is -0.0189 e. The fraction of sp³-hybridized carbons (Fsp3) is 0.692. The number of allylic oxidation sites excluding steroid dienone is 4. The van der Waals surface area contributed by atoms with Crippen molar-refractivity contribution in [1.29, 1.82) is 0 Å². The Morgan fingerprint density at radius 1 is 1.15 bits per heavy atom. The van der Waals surface area contributed by atoms with E-state index < -0.39 is 0 Å². The molecule has 1 rings (SSSR count). The van der Waals surface area contributed by atoms with Gasteiger partial charge in [-0.1, -0.05) is 31.9 Å². The second-order valence-corrected chi connectivity index (χ2v) is 4.22. The highest BCUT2D eigenvalue weighted by Gasteiger charge is 2.19. The van der Waals surface area contributed by atoms with Gasteiger partial charge >= 0.3 is 0 Å². The zero-order valence-electron chi connectivity index (χ0n) is 9.70. The van der Waals surface area contributed by atoms with Gasteiger partial charge in [-0.2, -0.15) is 0 Å². The lowest BCUT2D eigenvalue weighted by Gasteiger charge is -2.27.